The van der Waals surface area contributed by atoms with Crippen LogP contribution in [0.2, 0.25) is 0 Å². The Labute approximate surface area is 123 Å². The first-order valence-electron chi connectivity index (χ1n) is 7.10. The van der Waals surface area contributed by atoms with Crippen LogP contribution in [0, 0.1) is 6.92 Å². The van der Waals surface area contributed by atoms with E-state index in [1.54, 1.807) is 6.26 Å². The number of carbonyl (C=O) groups excluding carboxylic acids is 1. The Kier molecular flexibility index (Phi) is 3.52. The van der Waals surface area contributed by atoms with Crippen LogP contribution in [0.4, 0.5) is 0 Å². The van der Waals surface area contributed by atoms with Crippen molar-refractivity contribution in [1.29, 1.82) is 0 Å². The molecule has 4 heteroatoms. The molecule has 1 aromatic carbocycles. The van der Waals surface area contributed by atoms with Gasteiger partial charge in [-0.25, -0.2) is 0 Å². The highest BCUT2D eigenvalue weighted by Crippen LogP contribution is 2.25. The molecule has 3 rings (SSSR count). The van der Waals surface area contributed by atoms with Crippen LogP contribution in [-0.2, 0) is 13.1 Å². The van der Waals surface area contributed by atoms with Crippen LogP contribution in [-0.4, -0.2) is 10.5 Å². The number of benzene rings is 1. The number of amides is 1. The number of fused-ring (bicyclic) bond motifs is 1. The molecule has 1 N–H and O–H groups in total. The lowest BCUT2D eigenvalue weighted by Gasteiger charge is -2.09. The number of nitrogens with zero attached hydrogens (tertiary/aromatic N) is 1. The number of para-hydroxylation sites is 1. The van der Waals surface area contributed by atoms with Gasteiger partial charge in [0, 0.05) is 17.4 Å². The van der Waals surface area contributed by atoms with E-state index in [9.17, 15) is 4.79 Å². The molecule has 108 valence electrons. The molecular formula is C17H18N2O2. The maximum Gasteiger partial charge on any atom is 0.268 e. The molecule has 1 amide bonds. The van der Waals surface area contributed by atoms with E-state index >= 15 is 0 Å². The van der Waals surface area contributed by atoms with Gasteiger partial charge >= 0.3 is 0 Å². The number of nitrogens with one attached hydrogen (secondary N) is 1. The summed E-state index contributed by atoms with van der Waals surface area (Å²) in [6.07, 6.45) is 1.61. The van der Waals surface area contributed by atoms with Crippen molar-refractivity contribution in [3.05, 3.63) is 59.7 Å². The van der Waals surface area contributed by atoms with E-state index in [1.807, 2.05) is 31.2 Å². The Balaban J connectivity index is 1.95. The molecule has 0 bridgehead atoms. The maximum absolute atomic E-state index is 12.5. The zero-order valence-electron chi connectivity index (χ0n) is 12.2. The molecule has 3 aromatic rings. The molecule has 0 fully saturated rings. The molecule has 0 saturated heterocycles. The van der Waals surface area contributed by atoms with E-state index in [0.29, 0.717) is 6.54 Å². The van der Waals surface area contributed by atoms with Crippen molar-refractivity contribution >= 4 is 16.8 Å². The Morgan fingerprint density at radius 3 is 2.76 bits per heavy atom. The van der Waals surface area contributed by atoms with Crippen LogP contribution >= 0.6 is 0 Å². The summed E-state index contributed by atoms with van der Waals surface area (Å²) in [5, 5.41) is 4.05. The zero-order valence-corrected chi connectivity index (χ0v) is 12.2. The van der Waals surface area contributed by atoms with Crippen molar-refractivity contribution in [1.82, 2.24) is 9.88 Å². The molecule has 0 aliphatic rings. The molecule has 0 spiro atoms. The summed E-state index contributed by atoms with van der Waals surface area (Å²) >= 11 is 0. The molecule has 4 nitrogen and oxygen atoms in total. The number of rotatable bonds is 4. The van der Waals surface area contributed by atoms with Gasteiger partial charge in [0.25, 0.3) is 5.91 Å². The summed E-state index contributed by atoms with van der Waals surface area (Å²) < 4.78 is 7.30. The minimum Gasteiger partial charge on any atom is -0.467 e. The molecule has 0 unspecified atom stereocenters. The van der Waals surface area contributed by atoms with Crippen LogP contribution < -0.4 is 5.32 Å². The summed E-state index contributed by atoms with van der Waals surface area (Å²) in [6, 6.07) is 11.8. The Morgan fingerprint density at radius 2 is 2.05 bits per heavy atom. The lowest BCUT2D eigenvalue weighted by atomic mass is 10.1. The van der Waals surface area contributed by atoms with Crippen molar-refractivity contribution in [3.63, 3.8) is 0 Å². The number of aromatic nitrogens is 1. The molecule has 0 aliphatic heterocycles. The Hall–Kier alpha value is -2.49. The number of aryl methyl sites for hydroxylation is 2. The Morgan fingerprint density at radius 1 is 1.24 bits per heavy atom. The third-order valence-corrected chi connectivity index (χ3v) is 3.76. The van der Waals surface area contributed by atoms with E-state index in [-0.39, 0.29) is 5.91 Å². The van der Waals surface area contributed by atoms with Crippen molar-refractivity contribution in [3.8, 4) is 0 Å². The van der Waals surface area contributed by atoms with E-state index in [2.05, 4.69) is 28.9 Å². The number of hydrogen-bond acceptors (Lipinski definition) is 2. The topological polar surface area (TPSA) is 47.2 Å². The van der Waals surface area contributed by atoms with Crippen molar-refractivity contribution in [2.24, 2.45) is 0 Å². The molecule has 0 atom stereocenters. The number of carbonyl (C=O) groups is 1. The fourth-order valence-electron chi connectivity index (χ4n) is 2.76. The molecule has 2 heterocycles. The number of furan rings is 1. The molecule has 0 aliphatic carbocycles. The second-order valence-electron chi connectivity index (χ2n) is 5.00. The first-order chi connectivity index (χ1) is 10.2. The predicted molar refractivity (Wildman–Crippen MR) is 82.2 cm³/mol. The summed E-state index contributed by atoms with van der Waals surface area (Å²) in [5.74, 6) is 0.683. The van der Waals surface area contributed by atoms with Crippen LogP contribution in [0.5, 0.6) is 0 Å². The highest BCUT2D eigenvalue weighted by Gasteiger charge is 2.19. The molecule has 21 heavy (non-hydrogen) atoms. The quantitative estimate of drug-likeness (QED) is 0.796. The van der Waals surface area contributed by atoms with Crippen LogP contribution in [0.3, 0.4) is 0 Å². The van der Waals surface area contributed by atoms with E-state index in [4.69, 9.17) is 4.42 Å². The van der Waals surface area contributed by atoms with Gasteiger partial charge in [-0.2, -0.15) is 0 Å². The van der Waals surface area contributed by atoms with Gasteiger partial charge in [0.2, 0.25) is 0 Å². The zero-order chi connectivity index (χ0) is 14.8. The fraction of sp³-hybridized carbons (Fsp3) is 0.235. The normalized spacial score (nSPS) is 11.0. The molecule has 2 aromatic heterocycles. The summed E-state index contributed by atoms with van der Waals surface area (Å²) in [4.78, 5) is 12.5. The van der Waals surface area contributed by atoms with Gasteiger partial charge in [-0.3, -0.25) is 4.79 Å². The third-order valence-electron chi connectivity index (χ3n) is 3.76. The van der Waals surface area contributed by atoms with Gasteiger partial charge in [-0.1, -0.05) is 18.2 Å². The second-order valence-corrected chi connectivity index (χ2v) is 5.00. The predicted octanol–water partition coefficient (Wildman–Crippen LogP) is 3.49. The van der Waals surface area contributed by atoms with E-state index in [0.717, 1.165) is 34.5 Å². The van der Waals surface area contributed by atoms with E-state index in [1.165, 1.54) is 0 Å². The third kappa shape index (κ3) is 2.33. The van der Waals surface area contributed by atoms with Gasteiger partial charge in [-0.15, -0.1) is 0 Å². The SMILES string of the molecule is CCn1c(C(=O)NCc2ccco2)c(C)c2ccccc21. The maximum atomic E-state index is 12.5. The monoisotopic (exact) mass is 282 g/mol. The first kappa shape index (κ1) is 13.5. The first-order valence-corrected chi connectivity index (χ1v) is 7.10. The van der Waals surface area contributed by atoms with Crippen molar-refractivity contribution < 1.29 is 9.21 Å². The molecular weight excluding hydrogens is 264 g/mol. The second kappa shape index (κ2) is 5.48. The summed E-state index contributed by atoms with van der Waals surface area (Å²) in [5.41, 5.74) is 2.84. The highest BCUT2D eigenvalue weighted by molar-refractivity contribution is 6.01. The minimum atomic E-state index is -0.0676. The van der Waals surface area contributed by atoms with Gasteiger partial charge < -0.3 is 14.3 Å². The van der Waals surface area contributed by atoms with Crippen LogP contribution in [0.1, 0.15) is 28.7 Å². The standard InChI is InChI=1S/C17H18N2O2/c1-3-19-15-9-5-4-8-14(15)12(2)16(19)17(20)18-11-13-7-6-10-21-13/h4-10H,3,11H2,1-2H3,(H,18,20). The van der Waals surface area contributed by atoms with Crippen LogP contribution in [0.15, 0.2) is 47.1 Å². The summed E-state index contributed by atoms with van der Waals surface area (Å²) in [6.45, 7) is 5.21. The van der Waals surface area contributed by atoms with Gasteiger partial charge in [0.15, 0.2) is 0 Å². The smallest absolute Gasteiger partial charge is 0.268 e. The van der Waals surface area contributed by atoms with Gasteiger partial charge in [0.05, 0.1) is 12.8 Å². The van der Waals surface area contributed by atoms with Crippen molar-refractivity contribution in [2.75, 3.05) is 0 Å². The van der Waals surface area contributed by atoms with Crippen LogP contribution in [0.25, 0.3) is 10.9 Å². The Bertz CT molecular complexity index is 770. The van der Waals surface area contributed by atoms with Gasteiger partial charge in [0.1, 0.15) is 11.5 Å². The number of hydrogen-bond donors (Lipinski definition) is 1. The van der Waals surface area contributed by atoms with Crippen molar-refractivity contribution in [2.45, 2.75) is 26.9 Å². The lowest BCUT2D eigenvalue weighted by molar-refractivity contribution is 0.0938. The molecule has 0 saturated carbocycles. The highest BCUT2D eigenvalue weighted by atomic mass is 16.3. The van der Waals surface area contributed by atoms with E-state index < -0.39 is 0 Å². The fourth-order valence-corrected chi connectivity index (χ4v) is 2.76. The lowest BCUT2D eigenvalue weighted by Crippen LogP contribution is -2.26. The average molecular weight is 282 g/mol. The van der Waals surface area contributed by atoms with Gasteiger partial charge in [-0.05, 0) is 37.6 Å². The summed E-state index contributed by atoms with van der Waals surface area (Å²) in [7, 11) is 0. The largest absolute Gasteiger partial charge is 0.467 e. The molecule has 0 radical (unpaired) electrons. The minimum absolute atomic E-state index is 0.0676. The average Bonchev–Trinajstić information content (AvgIpc) is 3.11.